The van der Waals surface area contributed by atoms with Crippen molar-refractivity contribution in [1.29, 1.82) is 0 Å². The molecule has 0 atom stereocenters. The number of aliphatic hydroxyl groups is 1. The van der Waals surface area contributed by atoms with Gasteiger partial charge in [-0.3, -0.25) is 4.98 Å². The van der Waals surface area contributed by atoms with Gasteiger partial charge >= 0.3 is 5.97 Å². The summed E-state index contributed by atoms with van der Waals surface area (Å²) >= 11 is 5.73. The standard InChI is InChI=1S/C8H4ClNO3.C8H7NO2/c9-5-3-13-7-2-10-6(8(11)12)1-4(5)7;10-5-7-3-6-1-2-11-8(6)4-9-7/h1-3H,(H,11,12);1-4,10H,5H2. The summed E-state index contributed by atoms with van der Waals surface area (Å²) in [5, 5.41) is 19.3. The summed E-state index contributed by atoms with van der Waals surface area (Å²) in [4.78, 5) is 18.2. The third-order valence-corrected chi connectivity index (χ3v) is 3.48. The van der Waals surface area contributed by atoms with Gasteiger partial charge in [0.2, 0.25) is 0 Å². The van der Waals surface area contributed by atoms with Crippen LogP contribution in [0.1, 0.15) is 16.2 Å². The Morgan fingerprint density at radius 1 is 1.17 bits per heavy atom. The Hall–Kier alpha value is -2.90. The van der Waals surface area contributed by atoms with E-state index < -0.39 is 5.97 Å². The second kappa shape index (κ2) is 6.69. The molecule has 0 fully saturated rings. The molecular weight excluding hydrogens is 336 g/mol. The molecule has 0 aliphatic heterocycles. The second-order valence-corrected chi connectivity index (χ2v) is 5.15. The summed E-state index contributed by atoms with van der Waals surface area (Å²) in [7, 11) is 0. The topological polar surface area (TPSA) is 110 Å². The Kier molecular flexibility index (Phi) is 4.45. The predicted molar refractivity (Wildman–Crippen MR) is 85.9 cm³/mol. The maximum absolute atomic E-state index is 10.5. The zero-order valence-electron chi connectivity index (χ0n) is 12.1. The zero-order chi connectivity index (χ0) is 17.1. The first-order valence-electron chi connectivity index (χ1n) is 6.77. The molecule has 0 bridgehead atoms. The molecule has 0 saturated carbocycles. The third kappa shape index (κ3) is 3.22. The van der Waals surface area contributed by atoms with Crippen molar-refractivity contribution >= 4 is 39.5 Å². The number of hydrogen-bond acceptors (Lipinski definition) is 6. The van der Waals surface area contributed by atoms with Gasteiger partial charge in [-0.25, -0.2) is 9.78 Å². The van der Waals surface area contributed by atoms with Crippen LogP contribution in [0.15, 0.2) is 52.0 Å². The number of aromatic carboxylic acids is 1. The van der Waals surface area contributed by atoms with E-state index in [1.807, 2.05) is 6.07 Å². The number of nitrogens with zero attached hydrogens (tertiary/aromatic N) is 2. The summed E-state index contributed by atoms with van der Waals surface area (Å²) in [5.41, 5.74) is 1.85. The quantitative estimate of drug-likeness (QED) is 0.571. The average molecular weight is 347 g/mol. The fraction of sp³-hybridized carbons (Fsp3) is 0.0625. The minimum Gasteiger partial charge on any atom is -0.477 e. The number of halogens is 1. The minimum atomic E-state index is -1.08. The van der Waals surface area contributed by atoms with Crippen molar-refractivity contribution in [1.82, 2.24) is 9.97 Å². The molecule has 4 rings (SSSR count). The highest BCUT2D eigenvalue weighted by Gasteiger charge is 2.09. The van der Waals surface area contributed by atoms with Crippen LogP contribution in [0.5, 0.6) is 0 Å². The smallest absolute Gasteiger partial charge is 0.354 e. The summed E-state index contributed by atoms with van der Waals surface area (Å²) in [6.45, 7) is -0.0267. The predicted octanol–water partition coefficient (Wildman–Crippen LogP) is 3.50. The van der Waals surface area contributed by atoms with Crippen LogP contribution in [0.3, 0.4) is 0 Å². The van der Waals surface area contributed by atoms with E-state index in [4.69, 9.17) is 30.6 Å². The van der Waals surface area contributed by atoms with Gasteiger partial charge in [0.1, 0.15) is 12.0 Å². The highest BCUT2D eigenvalue weighted by Crippen LogP contribution is 2.25. The van der Waals surface area contributed by atoms with Crippen LogP contribution in [0.2, 0.25) is 5.02 Å². The number of hydrogen-bond donors (Lipinski definition) is 2. The number of aromatic nitrogens is 2. The third-order valence-electron chi connectivity index (χ3n) is 3.19. The second-order valence-electron chi connectivity index (χ2n) is 4.75. The van der Waals surface area contributed by atoms with Crippen LogP contribution >= 0.6 is 11.6 Å². The van der Waals surface area contributed by atoms with E-state index in [1.54, 1.807) is 18.5 Å². The maximum atomic E-state index is 10.5. The van der Waals surface area contributed by atoms with Gasteiger partial charge in [0.25, 0.3) is 0 Å². The number of pyridine rings is 2. The molecule has 2 N–H and O–H groups in total. The van der Waals surface area contributed by atoms with Gasteiger partial charge in [-0.05, 0) is 18.2 Å². The van der Waals surface area contributed by atoms with Gasteiger partial charge in [-0.15, -0.1) is 0 Å². The van der Waals surface area contributed by atoms with Gasteiger partial charge in [-0.1, -0.05) is 11.6 Å². The highest BCUT2D eigenvalue weighted by atomic mass is 35.5. The van der Waals surface area contributed by atoms with E-state index in [0.717, 1.165) is 11.0 Å². The lowest BCUT2D eigenvalue weighted by Gasteiger charge is -1.92. The maximum Gasteiger partial charge on any atom is 0.354 e. The molecule has 0 spiro atoms. The lowest BCUT2D eigenvalue weighted by atomic mass is 10.3. The molecule has 0 radical (unpaired) electrons. The Labute approximate surface area is 140 Å². The van der Waals surface area contributed by atoms with Crippen LogP contribution in [0.25, 0.3) is 21.9 Å². The number of fused-ring (bicyclic) bond motifs is 2. The fourth-order valence-corrected chi connectivity index (χ4v) is 2.21. The van der Waals surface area contributed by atoms with Crippen LogP contribution in [-0.2, 0) is 6.61 Å². The molecule has 4 heterocycles. The average Bonchev–Trinajstić information content (AvgIpc) is 3.21. The SMILES string of the molecule is O=C(O)c1cc2c(Cl)coc2cn1.OCc1cc2ccoc2cn1. The van der Waals surface area contributed by atoms with Gasteiger partial charge in [-0.2, -0.15) is 0 Å². The molecule has 0 aliphatic carbocycles. The molecule has 0 unspecified atom stereocenters. The first-order valence-corrected chi connectivity index (χ1v) is 7.15. The number of aliphatic hydroxyl groups excluding tert-OH is 1. The molecule has 7 nitrogen and oxygen atoms in total. The number of furan rings is 2. The molecule has 0 amide bonds. The number of rotatable bonds is 2. The Balaban J connectivity index is 0.000000143. The van der Waals surface area contributed by atoms with Crippen molar-refractivity contribution in [2.45, 2.75) is 6.61 Å². The molecule has 8 heteroatoms. The normalized spacial score (nSPS) is 10.6. The number of carboxylic acid groups (broad SMARTS) is 1. The van der Waals surface area contributed by atoms with E-state index >= 15 is 0 Å². The van der Waals surface area contributed by atoms with Gasteiger partial charge in [0.05, 0.1) is 36.0 Å². The monoisotopic (exact) mass is 346 g/mol. The molecule has 0 aliphatic rings. The van der Waals surface area contributed by atoms with E-state index in [1.165, 1.54) is 18.5 Å². The summed E-state index contributed by atoms with van der Waals surface area (Å²) < 4.78 is 10.1. The summed E-state index contributed by atoms with van der Waals surface area (Å²) in [6, 6.07) is 5.03. The van der Waals surface area contributed by atoms with Crippen molar-refractivity contribution in [3.05, 3.63) is 59.5 Å². The van der Waals surface area contributed by atoms with Gasteiger partial charge < -0.3 is 19.0 Å². The highest BCUT2D eigenvalue weighted by molar-refractivity contribution is 6.35. The van der Waals surface area contributed by atoms with Crippen LogP contribution in [0.4, 0.5) is 0 Å². The van der Waals surface area contributed by atoms with E-state index in [-0.39, 0.29) is 12.3 Å². The van der Waals surface area contributed by atoms with E-state index in [9.17, 15) is 4.79 Å². The van der Waals surface area contributed by atoms with Crippen molar-refractivity contribution in [3.8, 4) is 0 Å². The molecule has 4 aromatic heterocycles. The molecule has 4 aromatic rings. The van der Waals surface area contributed by atoms with Gasteiger partial charge in [0.15, 0.2) is 11.2 Å². The Morgan fingerprint density at radius 3 is 2.71 bits per heavy atom. The summed E-state index contributed by atoms with van der Waals surface area (Å²) in [5.74, 6) is -1.08. The summed E-state index contributed by atoms with van der Waals surface area (Å²) in [6.07, 6.45) is 5.90. The van der Waals surface area contributed by atoms with Crippen molar-refractivity contribution < 1.29 is 23.8 Å². The largest absolute Gasteiger partial charge is 0.477 e. The number of carbonyl (C=O) groups is 1. The Bertz CT molecular complexity index is 1010. The number of carboxylic acids is 1. The molecular formula is C16H11ClN2O5. The van der Waals surface area contributed by atoms with Crippen molar-refractivity contribution in [3.63, 3.8) is 0 Å². The molecule has 0 aromatic carbocycles. The Morgan fingerprint density at radius 2 is 1.96 bits per heavy atom. The lowest BCUT2D eigenvalue weighted by molar-refractivity contribution is 0.0690. The zero-order valence-corrected chi connectivity index (χ0v) is 12.9. The minimum absolute atomic E-state index is 0.0267. The molecule has 122 valence electrons. The molecule has 0 saturated heterocycles. The van der Waals surface area contributed by atoms with Crippen LogP contribution in [-0.4, -0.2) is 26.2 Å². The van der Waals surface area contributed by atoms with Crippen molar-refractivity contribution in [2.75, 3.05) is 0 Å². The first-order chi connectivity index (χ1) is 11.6. The molecule has 24 heavy (non-hydrogen) atoms. The van der Waals surface area contributed by atoms with Gasteiger partial charge in [0, 0.05) is 10.8 Å². The van der Waals surface area contributed by atoms with E-state index in [2.05, 4.69) is 9.97 Å². The van der Waals surface area contributed by atoms with Crippen molar-refractivity contribution in [2.24, 2.45) is 0 Å². The van der Waals surface area contributed by atoms with E-state index in [0.29, 0.717) is 21.7 Å². The van der Waals surface area contributed by atoms with Crippen LogP contribution in [0, 0.1) is 0 Å². The lowest BCUT2D eigenvalue weighted by Crippen LogP contribution is -1.98. The van der Waals surface area contributed by atoms with Crippen LogP contribution < -0.4 is 0 Å². The fourth-order valence-electron chi connectivity index (χ4n) is 2.02. The first kappa shape index (κ1) is 16.0.